The lowest BCUT2D eigenvalue weighted by Crippen LogP contribution is -2.33. The van der Waals surface area contributed by atoms with Gasteiger partial charge in [-0.2, -0.15) is 5.10 Å². The van der Waals surface area contributed by atoms with Crippen molar-refractivity contribution in [2.75, 3.05) is 25.9 Å². The average Bonchev–Trinajstić information content (AvgIpc) is 3.24. The Hall–Kier alpha value is -1.73. The van der Waals surface area contributed by atoms with Gasteiger partial charge < -0.3 is 16.0 Å². The van der Waals surface area contributed by atoms with Gasteiger partial charge in [-0.3, -0.25) is 4.79 Å². The largest absolute Gasteiger partial charge is 0.397 e. The number of hydrogen-bond donors (Lipinski definition) is 2. The molecule has 0 aliphatic heterocycles. The summed E-state index contributed by atoms with van der Waals surface area (Å²) in [6, 6.07) is 2.49. The van der Waals surface area contributed by atoms with E-state index in [2.05, 4.69) is 27.5 Å². The molecule has 0 saturated heterocycles. The number of nitrogens with zero attached hydrogens (tertiary/aromatic N) is 3. The highest BCUT2D eigenvalue weighted by molar-refractivity contribution is 7.21. The van der Waals surface area contributed by atoms with Crippen LogP contribution >= 0.6 is 11.3 Å². The lowest BCUT2D eigenvalue weighted by Gasteiger charge is -2.15. The monoisotopic (exact) mass is 291 g/mol. The van der Waals surface area contributed by atoms with Gasteiger partial charge >= 0.3 is 0 Å². The second kappa shape index (κ2) is 5.34. The van der Waals surface area contributed by atoms with Crippen LogP contribution in [-0.2, 0) is 0 Å². The predicted octanol–water partition coefficient (Wildman–Crippen LogP) is 1.10. The maximum atomic E-state index is 12.2. The molecule has 0 radical (unpaired) electrons. The molecule has 106 valence electrons. The minimum atomic E-state index is -0.130. The first kappa shape index (κ1) is 13.3. The van der Waals surface area contributed by atoms with Crippen LogP contribution in [0.4, 0.5) is 5.69 Å². The van der Waals surface area contributed by atoms with Crippen molar-refractivity contribution >= 4 is 33.1 Å². The average molecular weight is 291 g/mol. The van der Waals surface area contributed by atoms with Gasteiger partial charge in [-0.1, -0.05) is 0 Å². The van der Waals surface area contributed by atoms with E-state index in [1.165, 1.54) is 24.2 Å². The second-order valence-electron chi connectivity index (χ2n) is 5.06. The molecule has 0 spiro atoms. The topological polar surface area (TPSA) is 84.1 Å². The van der Waals surface area contributed by atoms with Crippen molar-refractivity contribution in [3.63, 3.8) is 0 Å². The second-order valence-corrected chi connectivity index (χ2v) is 6.06. The number of nitrogen functional groups attached to an aromatic ring is 1. The Morgan fingerprint density at radius 2 is 2.40 bits per heavy atom. The molecule has 20 heavy (non-hydrogen) atoms. The zero-order valence-electron chi connectivity index (χ0n) is 11.3. The standard InChI is InChI=1S/C13H17N5OS/c1-18(8-2-3-8)7-6-15-12(19)11-10(14)9-4-5-16-17-13(9)20-11/h4-5,8H,2-3,6-7,14H2,1H3,(H,15,19). The van der Waals surface area contributed by atoms with E-state index in [1.807, 2.05) is 0 Å². The SMILES string of the molecule is CN(CCNC(=O)c1sc2nnccc2c1N)C1CC1. The van der Waals surface area contributed by atoms with Crippen LogP contribution in [0.15, 0.2) is 12.3 Å². The highest BCUT2D eigenvalue weighted by Gasteiger charge is 2.25. The van der Waals surface area contributed by atoms with E-state index in [0.717, 1.165) is 11.9 Å². The van der Waals surface area contributed by atoms with E-state index < -0.39 is 0 Å². The first-order chi connectivity index (χ1) is 9.66. The Morgan fingerprint density at radius 1 is 1.60 bits per heavy atom. The number of nitrogens with one attached hydrogen (secondary N) is 1. The first-order valence-corrected chi connectivity index (χ1v) is 7.46. The van der Waals surface area contributed by atoms with Gasteiger partial charge in [0.2, 0.25) is 0 Å². The third-order valence-corrected chi connectivity index (χ3v) is 4.65. The third-order valence-electron chi connectivity index (χ3n) is 3.55. The summed E-state index contributed by atoms with van der Waals surface area (Å²) >= 11 is 1.29. The molecule has 6 nitrogen and oxygen atoms in total. The van der Waals surface area contributed by atoms with Gasteiger partial charge in [0.05, 0.1) is 11.9 Å². The number of carbonyl (C=O) groups excluding carboxylic acids is 1. The van der Waals surface area contributed by atoms with Gasteiger partial charge in [0.1, 0.15) is 9.71 Å². The van der Waals surface area contributed by atoms with Gasteiger partial charge in [-0.05, 0) is 26.0 Å². The number of aromatic nitrogens is 2. The highest BCUT2D eigenvalue weighted by Crippen LogP contribution is 2.31. The van der Waals surface area contributed by atoms with Crippen LogP contribution in [0.5, 0.6) is 0 Å². The fraction of sp³-hybridized carbons (Fsp3) is 0.462. The van der Waals surface area contributed by atoms with Crippen molar-refractivity contribution < 1.29 is 4.79 Å². The molecule has 1 saturated carbocycles. The number of likely N-dealkylation sites (N-methyl/N-ethyl adjacent to an activating group) is 1. The summed E-state index contributed by atoms with van der Waals surface area (Å²) in [5.74, 6) is -0.130. The fourth-order valence-corrected chi connectivity index (χ4v) is 3.12. The van der Waals surface area contributed by atoms with Crippen LogP contribution in [0.25, 0.3) is 10.2 Å². The number of rotatable bonds is 5. The van der Waals surface area contributed by atoms with Crippen molar-refractivity contribution in [3.05, 3.63) is 17.1 Å². The molecule has 1 aliphatic carbocycles. The Kier molecular flexibility index (Phi) is 3.54. The zero-order valence-corrected chi connectivity index (χ0v) is 12.1. The molecule has 0 atom stereocenters. The minimum absolute atomic E-state index is 0.130. The van der Waals surface area contributed by atoms with E-state index in [9.17, 15) is 4.79 Å². The van der Waals surface area contributed by atoms with Gasteiger partial charge in [0.25, 0.3) is 5.91 Å². The van der Waals surface area contributed by atoms with Gasteiger partial charge in [0.15, 0.2) is 0 Å². The number of hydrogen-bond acceptors (Lipinski definition) is 6. The Morgan fingerprint density at radius 3 is 3.10 bits per heavy atom. The summed E-state index contributed by atoms with van der Waals surface area (Å²) in [5.41, 5.74) is 6.49. The molecule has 1 amide bonds. The summed E-state index contributed by atoms with van der Waals surface area (Å²) < 4.78 is 0. The van der Waals surface area contributed by atoms with Crippen LogP contribution < -0.4 is 11.1 Å². The molecule has 2 aromatic heterocycles. The van der Waals surface area contributed by atoms with Crippen molar-refractivity contribution in [2.24, 2.45) is 0 Å². The number of amides is 1. The molecular formula is C13H17N5OS. The van der Waals surface area contributed by atoms with Crippen molar-refractivity contribution in [2.45, 2.75) is 18.9 Å². The maximum Gasteiger partial charge on any atom is 0.263 e. The van der Waals surface area contributed by atoms with E-state index in [0.29, 0.717) is 28.0 Å². The van der Waals surface area contributed by atoms with Crippen LogP contribution in [0.2, 0.25) is 0 Å². The predicted molar refractivity (Wildman–Crippen MR) is 79.8 cm³/mol. The maximum absolute atomic E-state index is 12.2. The number of thiophene rings is 1. The molecule has 2 heterocycles. The number of fused-ring (bicyclic) bond motifs is 1. The summed E-state index contributed by atoms with van der Waals surface area (Å²) in [6.07, 6.45) is 4.12. The van der Waals surface area contributed by atoms with E-state index in [4.69, 9.17) is 5.73 Å². The Bertz CT molecular complexity index is 637. The van der Waals surface area contributed by atoms with E-state index in [-0.39, 0.29) is 5.91 Å². The number of nitrogens with two attached hydrogens (primary N) is 1. The van der Waals surface area contributed by atoms with Crippen LogP contribution in [-0.4, -0.2) is 47.2 Å². The van der Waals surface area contributed by atoms with Gasteiger partial charge in [0, 0.05) is 24.5 Å². The lowest BCUT2D eigenvalue weighted by molar-refractivity contribution is 0.0954. The smallest absolute Gasteiger partial charge is 0.263 e. The van der Waals surface area contributed by atoms with Crippen molar-refractivity contribution in [3.8, 4) is 0 Å². The van der Waals surface area contributed by atoms with Crippen molar-refractivity contribution in [1.29, 1.82) is 0 Å². The van der Waals surface area contributed by atoms with Crippen LogP contribution in [0.1, 0.15) is 22.5 Å². The Labute approximate surface area is 121 Å². The lowest BCUT2D eigenvalue weighted by atomic mass is 10.3. The molecule has 1 fully saturated rings. The van der Waals surface area contributed by atoms with E-state index >= 15 is 0 Å². The summed E-state index contributed by atoms with van der Waals surface area (Å²) in [4.78, 5) is 15.7. The summed E-state index contributed by atoms with van der Waals surface area (Å²) in [5, 5.41) is 11.5. The van der Waals surface area contributed by atoms with Crippen molar-refractivity contribution in [1.82, 2.24) is 20.4 Å². The normalized spacial score (nSPS) is 14.9. The summed E-state index contributed by atoms with van der Waals surface area (Å²) in [7, 11) is 2.09. The molecule has 0 aromatic carbocycles. The molecule has 1 aliphatic rings. The van der Waals surface area contributed by atoms with E-state index in [1.54, 1.807) is 12.3 Å². The summed E-state index contributed by atoms with van der Waals surface area (Å²) in [6.45, 7) is 1.49. The number of anilines is 1. The molecule has 3 rings (SSSR count). The number of carbonyl (C=O) groups is 1. The molecule has 0 unspecified atom stereocenters. The molecule has 2 aromatic rings. The molecule has 3 N–H and O–H groups in total. The molecule has 0 bridgehead atoms. The van der Waals surface area contributed by atoms with Gasteiger partial charge in [-0.25, -0.2) is 0 Å². The molecular weight excluding hydrogens is 274 g/mol. The molecule has 7 heteroatoms. The minimum Gasteiger partial charge on any atom is -0.397 e. The first-order valence-electron chi connectivity index (χ1n) is 6.65. The zero-order chi connectivity index (χ0) is 14.1. The Balaban J connectivity index is 1.64. The van der Waals surface area contributed by atoms with Gasteiger partial charge in [-0.15, -0.1) is 16.4 Å². The van der Waals surface area contributed by atoms with Crippen LogP contribution in [0.3, 0.4) is 0 Å². The fourth-order valence-electron chi connectivity index (χ4n) is 2.17. The highest BCUT2D eigenvalue weighted by atomic mass is 32.1. The third kappa shape index (κ3) is 2.59. The quantitative estimate of drug-likeness (QED) is 0.861. The van der Waals surface area contributed by atoms with Crippen LogP contribution in [0, 0.1) is 0 Å².